The minimum absolute atomic E-state index is 0.0200. The first-order chi connectivity index (χ1) is 27.0. The van der Waals surface area contributed by atoms with Gasteiger partial charge in [-0.15, -0.1) is 0 Å². The summed E-state index contributed by atoms with van der Waals surface area (Å²) in [6.45, 7) is 8.23. The number of ether oxygens (including phenoxy) is 2. The van der Waals surface area contributed by atoms with Crippen molar-refractivity contribution in [2.45, 2.75) is 77.9 Å². The molecule has 12 nitrogen and oxygen atoms in total. The Balaban J connectivity index is 0.960. The van der Waals surface area contributed by atoms with Gasteiger partial charge in [0.05, 0.1) is 26.2 Å². The van der Waals surface area contributed by atoms with Gasteiger partial charge in [-0.1, -0.05) is 74.5 Å². The SMILES string of the molecule is COC(=O)N[C@H](C(=O)N1CCC[C@H]1C1=NC=C(c2ccc(-c3ccc(C4=CN=C(C5C6C=CC(C6)[C@H]5C(=O)N(NC(=O)OC)C(C)C)C4)cc3)cc2)C1)C(C)C. The van der Waals surface area contributed by atoms with Gasteiger partial charge in [-0.05, 0) is 84.3 Å². The lowest BCUT2D eigenvalue weighted by Crippen LogP contribution is -2.54. The zero-order valence-electron chi connectivity index (χ0n) is 33.0. The quantitative estimate of drug-likeness (QED) is 0.197. The molecule has 5 aliphatic rings. The van der Waals surface area contributed by atoms with Crippen molar-refractivity contribution in [2.75, 3.05) is 20.8 Å². The summed E-state index contributed by atoms with van der Waals surface area (Å²) in [5, 5.41) is 4.13. The van der Waals surface area contributed by atoms with Crippen LogP contribution in [-0.2, 0) is 19.1 Å². The van der Waals surface area contributed by atoms with Crippen molar-refractivity contribution in [3.05, 3.63) is 84.2 Å². The summed E-state index contributed by atoms with van der Waals surface area (Å²) in [7, 11) is 2.59. The zero-order valence-corrected chi connectivity index (χ0v) is 33.0. The lowest BCUT2D eigenvalue weighted by molar-refractivity contribution is -0.142. The molecular weight excluding hydrogens is 709 g/mol. The van der Waals surface area contributed by atoms with Crippen molar-refractivity contribution < 1.29 is 28.7 Å². The molecule has 3 heterocycles. The molecule has 0 spiro atoms. The van der Waals surface area contributed by atoms with Crippen molar-refractivity contribution in [1.82, 2.24) is 20.7 Å². The van der Waals surface area contributed by atoms with Gasteiger partial charge in [0, 0.05) is 55.2 Å². The molecule has 0 radical (unpaired) electrons. The lowest BCUT2D eigenvalue weighted by atomic mass is 9.77. The van der Waals surface area contributed by atoms with Crippen LogP contribution < -0.4 is 10.7 Å². The van der Waals surface area contributed by atoms with E-state index in [1.165, 1.54) is 19.2 Å². The van der Waals surface area contributed by atoms with Crippen LogP contribution >= 0.6 is 0 Å². The summed E-state index contributed by atoms with van der Waals surface area (Å²) >= 11 is 0. The number of carbonyl (C=O) groups excluding carboxylic acids is 4. The van der Waals surface area contributed by atoms with E-state index >= 15 is 0 Å². The highest BCUT2D eigenvalue weighted by Gasteiger charge is 2.52. The molecule has 2 aromatic rings. The number of likely N-dealkylation sites (tertiary alicyclic amines) is 1. The van der Waals surface area contributed by atoms with Gasteiger partial charge in [0.2, 0.25) is 11.8 Å². The van der Waals surface area contributed by atoms with Gasteiger partial charge in [0.1, 0.15) is 6.04 Å². The predicted molar refractivity (Wildman–Crippen MR) is 216 cm³/mol. The third kappa shape index (κ3) is 7.66. The number of allylic oxidation sites excluding steroid dienone is 4. The summed E-state index contributed by atoms with van der Waals surface area (Å²) in [5.74, 6) is -0.231. The Morgan fingerprint density at radius 3 is 1.89 bits per heavy atom. The van der Waals surface area contributed by atoms with Crippen molar-refractivity contribution in [2.24, 2.45) is 39.6 Å². The third-order valence-electron chi connectivity index (χ3n) is 12.0. The molecule has 2 bridgehead atoms. The molecule has 2 N–H and O–H groups in total. The number of methoxy groups -OCH3 is 2. The molecule has 2 fully saturated rings. The van der Waals surface area contributed by atoms with Gasteiger partial charge >= 0.3 is 12.2 Å². The Hall–Kier alpha value is -5.52. The van der Waals surface area contributed by atoms with E-state index in [-0.39, 0.29) is 53.5 Å². The number of nitrogens with zero attached hydrogens (tertiary/aromatic N) is 4. The Morgan fingerprint density at radius 2 is 1.32 bits per heavy atom. The first-order valence-electron chi connectivity index (χ1n) is 19.7. The van der Waals surface area contributed by atoms with Gasteiger partial charge in [-0.25, -0.2) is 20.0 Å². The maximum absolute atomic E-state index is 13.9. The van der Waals surface area contributed by atoms with Gasteiger partial charge in [-0.3, -0.25) is 19.6 Å². The maximum atomic E-state index is 13.9. The van der Waals surface area contributed by atoms with Crippen LogP contribution in [0.5, 0.6) is 0 Å². The predicted octanol–water partition coefficient (Wildman–Crippen LogP) is 7.04. The van der Waals surface area contributed by atoms with Crippen LogP contribution in [-0.4, -0.2) is 84.2 Å². The van der Waals surface area contributed by atoms with E-state index in [0.717, 1.165) is 64.1 Å². The van der Waals surface area contributed by atoms with E-state index in [1.54, 1.807) is 0 Å². The number of hydrazine groups is 1. The van der Waals surface area contributed by atoms with E-state index in [2.05, 4.69) is 71.4 Å². The average molecular weight is 761 g/mol. The minimum Gasteiger partial charge on any atom is -0.453 e. The van der Waals surface area contributed by atoms with E-state index < -0.39 is 18.2 Å². The number of fused-ring (bicyclic) bond motifs is 2. The number of alkyl carbamates (subject to hydrolysis) is 1. The van der Waals surface area contributed by atoms with Crippen LogP contribution in [0, 0.1) is 29.6 Å². The van der Waals surface area contributed by atoms with Gasteiger partial charge in [0.15, 0.2) is 0 Å². The van der Waals surface area contributed by atoms with Crippen molar-refractivity contribution in [3.63, 3.8) is 0 Å². The van der Waals surface area contributed by atoms with Gasteiger partial charge in [-0.2, -0.15) is 0 Å². The number of aliphatic imine (C=N–C) groups is 2. The molecule has 7 rings (SSSR count). The van der Waals surface area contributed by atoms with Crippen LogP contribution in [0.25, 0.3) is 22.3 Å². The highest BCUT2D eigenvalue weighted by atomic mass is 16.5. The number of amides is 4. The number of hydrogen-bond donors (Lipinski definition) is 2. The molecule has 3 aliphatic heterocycles. The van der Waals surface area contributed by atoms with Crippen LogP contribution in [0.3, 0.4) is 0 Å². The van der Waals surface area contributed by atoms with Crippen LogP contribution in [0.1, 0.15) is 70.9 Å². The monoisotopic (exact) mass is 760 g/mol. The molecule has 56 heavy (non-hydrogen) atoms. The van der Waals surface area contributed by atoms with Crippen LogP contribution in [0.4, 0.5) is 9.59 Å². The Morgan fingerprint density at radius 1 is 0.768 bits per heavy atom. The number of benzene rings is 2. The molecule has 0 aromatic heterocycles. The fourth-order valence-electron chi connectivity index (χ4n) is 9.02. The second-order valence-electron chi connectivity index (χ2n) is 16.0. The van der Waals surface area contributed by atoms with E-state index in [9.17, 15) is 19.2 Å². The van der Waals surface area contributed by atoms with Crippen LogP contribution in [0.2, 0.25) is 0 Å². The fourth-order valence-corrected chi connectivity index (χ4v) is 9.02. The second kappa shape index (κ2) is 16.3. The summed E-state index contributed by atoms with van der Waals surface area (Å²) in [5.41, 5.74) is 11.3. The lowest BCUT2D eigenvalue weighted by Gasteiger charge is -2.34. The molecule has 2 aliphatic carbocycles. The van der Waals surface area contributed by atoms with Crippen LogP contribution in [0.15, 0.2) is 83.1 Å². The van der Waals surface area contributed by atoms with Crippen molar-refractivity contribution >= 4 is 46.6 Å². The van der Waals surface area contributed by atoms with E-state index in [1.807, 2.05) is 45.0 Å². The number of carbonyl (C=O) groups is 4. The normalized spacial score (nSPS) is 24.1. The largest absolute Gasteiger partial charge is 0.453 e. The molecule has 3 unspecified atom stereocenters. The molecule has 12 heteroatoms. The second-order valence-corrected chi connectivity index (χ2v) is 16.0. The molecule has 1 saturated carbocycles. The number of hydrogen-bond acceptors (Lipinski definition) is 8. The van der Waals surface area contributed by atoms with Gasteiger partial charge in [0.25, 0.3) is 0 Å². The summed E-state index contributed by atoms with van der Waals surface area (Å²) in [6.07, 6.45) is 11.0. The molecule has 2 aromatic carbocycles. The number of nitrogens with one attached hydrogen (secondary N) is 2. The summed E-state index contributed by atoms with van der Waals surface area (Å²) < 4.78 is 9.56. The summed E-state index contributed by atoms with van der Waals surface area (Å²) in [4.78, 5) is 63.1. The molecule has 4 amide bonds. The molecular formula is C44H52N6O6. The molecule has 6 atom stereocenters. The van der Waals surface area contributed by atoms with E-state index in [4.69, 9.17) is 19.5 Å². The maximum Gasteiger partial charge on any atom is 0.425 e. The summed E-state index contributed by atoms with van der Waals surface area (Å²) in [6, 6.07) is 16.1. The zero-order chi connectivity index (χ0) is 39.7. The van der Waals surface area contributed by atoms with Gasteiger partial charge < -0.3 is 19.7 Å². The fraction of sp³-hybridized carbons (Fsp3) is 0.455. The first kappa shape index (κ1) is 38.7. The molecule has 1 saturated heterocycles. The minimum atomic E-state index is -0.658. The topological polar surface area (TPSA) is 142 Å². The Bertz CT molecular complexity index is 2010. The third-order valence-corrected chi connectivity index (χ3v) is 12.0. The van der Waals surface area contributed by atoms with Crippen molar-refractivity contribution in [3.8, 4) is 11.1 Å². The standard InChI is InChI=1S/C44H52N6O6/c1-25(2)40(47-43(53)55-5)42(52)49-19-7-8-37(49)35-21-33(23-45-35)29-13-9-27(10-14-29)28-11-15-30(16-12-28)34-22-36(46-24-34)38-31-17-18-32(20-31)39(38)41(51)50(26(3)4)48-44(54)56-6/h9-18,23-26,31-32,37-40H,7-8,19-22H2,1-6H3,(H,47,53)(H,48,54)/t31?,32?,37-,38?,39+,40-/m0/s1. The highest BCUT2D eigenvalue weighted by molar-refractivity contribution is 6.04. The number of rotatable bonds is 10. The Kier molecular flexibility index (Phi) is 11.3. The highest BCUT2D eigenvalue weighted by Crippen LogP contribution is 2.51. The first-order valence-corrected chi connectivity index (χ1v) is 19.7. The smallest absolute Gasteiger partial charge is 0.425 e. The van der Waals surface area contributed by atoms with E-state index in [0.29, 0.717) is 19.4 Å². The Labute approximate surface area is 328 Å². The molecule has 294 valence electrons. The average Bonchev–Trinajstić information content (AvgIpc) is 4.06. The van der Waals surface area contributed by atoms with Crippen molar-refractivity contribution in [1.29, 1.82) is 0 Å².